The fourth-order valence-corrected chi connectivity index (χ4v) is 3.58. The minimum absolute atomic E-state index is 1.11. The van der Waals surface area contributed by atoms with Gasteiger partial charge in [-0.15, -0.1) is 0 Å². The lowest BCUT2D eigenvalue weighted by Gasteiger charge is -2.69. The van der Waals surface area contributed by atoms with Gasteiger partial charge in [0.25, 0.3) is 0 Å². The molecule has 0 N–H and O–H groups in total. The summed E-state index contributed by atoms with van der Waals surface area (Å²) in [5.74, 6) is 5.99. The zero-order chi connectivity index (χ0) is 6.01. The number of fused-ring (bicyclic) bond motifs is 4. The zero-order valence-electron chi connectivity index (χ0n) is 6.01. The molecule has 0 amide bonds. The summed E-state index contributed by atoms with van der Waals surface area (Å²) in [6, 6.07) is 0. The van der Waals surface area contributed by atoms with E-state index in [4.69, 9.17) is 0 Å². The standard InChI is InChI=1S/C9H14/c1-5-4-8-6-2-3-7(6)9(5)8/h5-9H,2-4H2,1H3. The first-order valence-corrected chi connectivity index (χ1v) is 4.38. The van der Waals surface area contributed by atoms with Crippen LogP contribution in [0.25, 0.3) is 0 Å². The summed E-state index contributed by atoms with van der Waals surface area (Å²) in [6.45, 7) is 2.44. The predicted octanol–water partition coefficient (Wildman–Crippen LogP) is 2.30. The van der Waals surface area contributed by atoms with Crippen LogP contribution in [-0.4, -0.2) is 0 Å². The van der Waals surface area contributed by atoms with Crippen molar-refractivity contribution < 1.29 is 0 Å². The molecule has 9 heavy (non-hydrogen) atoms. The minimum atomic E-state index is 1.11. The Morgan fingerprint density at radius 1 is 1.00 bits per heavy atom. The van der Waals surface area contributed by atoms with E-state index in [0.717, 1.165) is 5.92 Å². The number of hydrogen-bond acceptors (Lipinski definition) is 0. The van der Waals surface area contributed by atoms with Crippen LogP contribution in [0, 0.1) is 29.6 Å². The topological polar surface area (TPSA) is 0 Å². The monoisotopic (exact) mass is 122 g/mol. The van der Waals surface area contributed by atoms with E-state index in [1.165, 1.54) is 23.7 Å². The summed E-state index contributed by atoms with van der Waals surface area (Å²) >= 11 is 0. The number of rotatable bonds is 0. The quantitative estimate of drug-likeness (QED) is 0.462. The van der Waals surface area contributed by atoms with Gasteiger partial charge in [0.2, 0.25) is 0 Å². The van der Waals surface area contributed by atoms with Gasteiger partial charge in [0.05, 0.1) is 0 Å². The lowest BCUT2D eigenvalue weighted by atomic mass is 9.36. The van der Waals surface area contributed by atoms with Crippen LogP contribution in [0.2, 0.25) is 0 Å². The van der Waals surface area contributed by atoms with E-state index in [0.29, 0.717) is 0 Å². The van der Waals surface area contributed by atoms with Crippen LogP contribution in [0.1, 0.15) is 26.2 Å². The molecular weight excluding hydrogens is 108 g/mol. The molecule has 0 nitrogen and oxygen atoms in total. The van der Waals surface area contributed by atoms with Gasteiger partial charge in [-0.1, -0.05) is 6.92 Å². The van der Waals surface area contributed by atoms with Crippen LogP contribution in [-0.2, 0) is 0 Å². The Morgan fingerprint density at radius 2 is 1.78 bits per heavy atom. The van der Waals surface area contributed by atoms with Gasteiger partial charge in [0, 0.05) is 0 Å². The second-order valence-electron chi connectivity index (χ2n) is 4.36. The molecule has 0 aliphatic heterocycles. The SMILES string of the molecule is CC1CC2C3CCC3C12. The summed E-state index contributed by atoms with van der Waals surface area (Å²) in [7, 11) is 0. The second-order valence-corrected chi connectivity index (χ2v) is 4.36. The molecule has 3 aliphatic carbocycles. The average Bonchev–Trinajstić information content (AvgIpc) is 1.79. The smallest absolute Gasteiger partial charge is 0.0326 e. The maximum Gasteiger partial charge on any atom is -0.0326 e. The van der Waals surface area contributed by atoms with Gasteiger partial charge in [-0.25, -0.2) is 0 Å². The van der Waals surface area contributed by atoms with Crippen molar-refractivity contribution in [3.05, 3.63) is 0 Å². The maximum atomic E-state index is 2.44. The summed E-state index contributed by atoms with van der Waals surface area (Å²) in [5.41, 5.74) is 0. The Balaban J connectivity index is 1.82. The van der Waals surface area contributed by atoms with Gasteiger partial charge in [-0.3, -0.25) is 0 Å². The molecular formula is C9H14. The summed E-state index contributed by atoms with van der Waals surface area (Å²) in [4.78, 5) is 0. The van der Waals surface area contributed by atoms with Gasteiger partial charge >= 0.3 is 0 Å². The van der Waals surface area contributed by atoms with Gasteiger partial charge in [0.1, 0.15) is 0 Å². The summed E-state index contributed by atoms with van der Waals surface area (Å²) in [6.07, 6.45) is 4.74. The van der Waals surface area contributed by atoms with Crippen molar-refractivity contribution in [3.8, 4) is 0 Å². The Labute approximate surface area is 56.6 Å². The average molecular weight is 122 g/mol. The van der Waals surface area contributed by atoms with Gasteiger partial charge in [0.15, 0.2) is 0 Å². The Morgan fingerprint density at radius 3 is 2.11 bits per heavy atom. The highest BCUT2D eigenvalue weighted by Crippen LogP contribution is 2.69. The van der Waals surface area contributed by atoms with E-state index in [2.05, 4.69) is 6.92 Å². The molecule has 3 aliphatic rings. The minimum Gasteiger partial charge on any atom is -0.0622 e. The van der Waals surface area contributed by atoms with E-state index in [1.54, 1.807) is 19.3 Å². The molecule has 3 rings (SSSR count). The van der Waals surface area contributed by atoms with Gasteiger partial charge in [-0.2, -0.15) is 0 Å². The van der Waals surface area contributed by atoms with Crippen LogP contribution in [0.15, 0.2) is 0 Å². The maximum absolute atomic E-state index is 2.44. The Bertz CT molecular complexity index is 144. The second kappa shape index (κ2) is 1.21. The van der Waals surface area contributed by atoms with Crippen LogP contribution in [0.4, 0.5) is 0 Å². The molecule has 0 aromatic carbocycles. The zero-order valence-corrected chi connectivity index (χ0v) is 6.01. The molecule has 0 heterocycles. The molecule has 0 bridgehead atoms. The van der Waals surface area contributed by atoms with Gasteiger partial charge in [-0.05, 0) is 48.9 Å². The molecule has 0 aromatic heterocycles. The molecule has 0 heteroatoms. The van der Waals surface area contributed by atoms with Crippen molar-refractivity contribution in [1.82, 2.24) is 0 Å². The highest BCUT2D eigenvalue weighted by atomic mass is 14.7. The van der Waals surface area contributed by atoms with Gasteiger partial charge < -0.3 is 0 Å². The third-order valence-electron chi connectivity index (χ3n) is 4.22. The van der Waals surface area contributed by atoms with Crippen molar-refractivity contribution in [2.24, 2.45) is 29.6 Å². The Kier molecular flexibility index (Phi) is 0.640. The highest BCUT2D eigenvalue weighted by molar-refractivity contribution is 5.10. The van der Waals surface area contributed by atoms with Crippen LogP contribution in [0.5, 0.6) is 0 Å². The van der Waals surface area contributed by atoms with Crippen molar-refractivity contribution in [3.63, 3.8) is 0 Å². The fraction of sp³-hybridized carbons (Fsp3) is 1.00. The highest BCUT2D eigenvalue weighted by Gasteiger charge is 2.62. The van der Waals surface area contributed by atoms with E-state index in [1.807, 2.05) is 0 Å². The third-order valence-corrected chi connectivity index (χ3v) is 4.22. The molecule has 50 valence electrons. The van der Waals surface area contributed by atoms with Crippen molar-refractivity contribution >= 4 is 0 Å². The molecule has 5 atom stereocenters. The summed E-state index contributed by atoms with van der Waals surface area (Å²) in [5, 5.41) is 0. The normalized spacial score (nSPS) is 68.3. The van der Waals surface area contributed by atoms with E-state index in [9.17, 15) is 0 Å². The third kappa shape index (κ3) is 0.342. The molecule has 0 aromatic rings. The fourth-order valence-electron chi connectivity index (χ4n) is 3.58. The van der Waals surface area contributed by atoms with Crippen LogP contribution >= 0.6 is 0 Å². The largest absolute Gasteiger partial charge is 0.0622 e. The van der Waals surface area contributed by atoms with Crippen molar-refractivity contribution in [2.75, 3.05) is 0 Å². The first kappa shape index (κ1) is 4.76. The lowest BCUT2D eigenvalue weighted by Crippen LogP contribution is -2.62. The molecule has 0 saturated heterocycles. The van der Waals surface area contributed by atoms with Crippen LogP contribution in [0.3, 0.4) is 0 Å². The van der Waals surface area contributed by atoms with E-state index in [-0.39, 0.29) is 0 Å². The van der Waals surface area contributed by atoms with Crippen molar-refractivity contribution in [2.45, 2.75) is 26.2 Å². The first-order chi connectivity index (χ1) is 4.38. The Hall–Kier alpha value is 0. The summed E-state index contributed by atoms with van der Waals surface area (Å²) < 4.78 is 0. The number of hydrogen-bond donors (Lipinski definition) is 0. The molecule has 3 saturated carbocycles. The van der Waals surface area contributed by atoms with Crippen molar-refractivity contribution in [1.29, 1.82) is 0 Å². The molecule has 0 radical (unpaired) electrons. The van der Waals surface area contributed by atoms with Crippen LogP contribution < -0.4 is 0 Å². The predicted molar refractivity (Wildman–Crippen MR) is 37.0 cm³/mol. The molecule has 3 fully saturated rings. The first-order valence-electron chi connectivity index (χ1n) is 4.38. The molecule has 5 unspecified atom stereocenters. The lowest BCUT2D eigenvalue weighted by molar-refractivity contribution is -0.200. The van der Waals surface area contributed by atoms with E-state index < -0.39 is 0 Å². The van der Waals surface area contributed by atoms with E-state index >= 15 is 0 Å². The molecule has 0 spiro atoms.